The number of hydrogen-bond acceptors (Lipinski definition) is 7. The number of carbonyl (C=O) groups is 2. The van der Waals surface area contributed by atoms with Crippen LogP contribution in [0.5, 0.6) is 23.0 Å². The van der Waals surface area contributed by atoms with Crippen LogP contribution in [0.2, 0.25) is 0 Å². The summed E-state index contributed by atoms with van der Waals surface area (Å²) in [6.07, 6.45) is 14.2. The van der Waals surface area contributed by atoms with Crippen molar-refractivity contribution in [1.29, 1.82) is 0 Å². The number of methoxy groups -OCH3 is 4. The van der Waals surface area contributed by atoms with Crippen LogP contribution in [0, 0.1) is 0 Å². The fourth-order valence-electron chi connectivity index (χ4n) is 5.09. The van der Waals surface area contributed by atoms with Gasteiger partial charge in [0.25, 0.3) is 0 Å². The van der Waals surface area contributed by atoms with Crippen LogP contribution in [-0.2, 0) is 9.59 Å². The first-order valence-electron chi connectivity index (χ1n) is 13.9. The van der Waals surface area contributed by atoms with Gasteiger partial charge in [0, 0.05) is 57.5 Å². The van der Waals surface area contributed by atoms with Crippen LogP contribution in [0.1, 0.15) is 11.1 Å². The Balaban J connectivity index is 1.27. The van der Waals surface area contributed by atoms with Crippen molar-refractivity contribution >= 4 is 24.0 Å². The average molecular weight is 574 g/mol. The molecule has 9 heteroatoms. The van der Waals surface area contributed by atoms with Crippen LogP contribution in [0.4, 0.5) is 0 Å². The molecule has 2 saturated heterocycles. The highest BCUT2D eigenvalue weighted by molar-refractivity contribution is 5.89. The molecule has 2 heterocycles. The van der Waals surface area contributed by atoms with Crippen molar-refractivity contribution in [3.8, 4) is 23.0 Å². The van der Waals surface area contributed by atoms with Crippen molar-refractivity contribution in [2.45, 2.75) is 6.04 Å². The van der Waals surface area contributed by atoms with Gasteiger partial charge in [-0.25, -0.2) is 0 Å². The third-order valence-electron chi connectivity index (χ3n) is 7.41. The first-order valence-corrected chi connectivity index (χ1v) is 13.9. The van der Waals surface area contributed by atoms with Crippen LogP contribution in [-0.4, -0.2) is 100 Å². The van der Waals surface area contributed by atoms with Gasteiger partial charge in [0.2, 0.25) is 11.8 Å². The molecule has 42 heavy (non-hydrogen) atoms. The lowest BCUT2D eigenvalue weighted by atomic mass is 10.1. The van der Waals surface area contributed by atoms with Crippen LogP contribution in [0.15, 0.2) is 72.9 Å². The Labute approximate surface area is 247 Å². The Hall–Kier alpha value is -4.50. The van der Waals surface area contributed by atoms with Gasteiger partial charge in [-0.2, -0.15) is 0 Å². The molecular weight excluding hydrogens is 534 g/mol. The van der Waals surface area contributed by atoms with E-state index in [1.54, 1.807) is 52.7 Å². The van der Waals surface area contributed by atoms with Crippen molar-refractivity contribution in [3.05, 3.63) is 84.0 Å². The van der Waals surface area contributed by atoms with Crippen molar-refractivity contribution in [2.24, 2.45) is 0 Å². The Kier molecular flexibility index (Phi) is 10.8. The number of hydrogen-bond donors (Lipinski definition) is 0. The lowest BCUT2D eigenvalue weighted by molar-refractivity contribution is -0.133. The van der Waals surface area contributed by atoms with Gasteiger partial charge in [-0.1, -0.05) is 48.6 Å². The monoisotopic (exact) mass is 573 g/mol. The van der Waals surface area contributed by atoms with Gasteiger partial charge < -0.3 is 28.7 Å². The van der Waals surface area contributed by atoms with Crippen molar-refractivity contribution in [3.63, 3.8) is 0 Å². The maximum absolute atomic E-state index is 12.9. The maximum atomic E-state index is 12.9. The smallest absolute Gasteiger partial charge is 0.246 e. The molecule has 0 unspecified atom stereocenters. The molecule has 0 N–H and O–H groups in total. The molecule has 4 rings (SSSR count). The first-order chi connectivity index (χ1) is 20.4. The van der Waals surface area contributed by atoms with Crippen LogP contribution >= 0.6 is 0 Å². The molecule has 0 aliphatic carbocycles. The number of piperazine rings is 2. The molecule has 0 saturated carbocycles. The second-order valence-corrected chi connectivity index (χ2v) is 9.92. The van der Waals surface area contributed by atoms with E-state index in [0.29, 0.717) is 49.2 Å². The summed E-state index contributed by atoms with van der Waals surface area (Å²) in [6, 6.07) is 11.4. The second kappa shape index (κ2) is 14.9. The van der Waals surface area contributed by atoms with Gasteiger partial charge in [0.05, 0.1) is 28.4 Å². The summed E-state index contributed by atoms with van der Waals surface area (Å²) >= 11 is 0. The Bertz CT molecular complexity index is 1260. The number of fused-ring (bicyclic) bond motifs is 1. The van der Waals surface area contributed by atoms with E-state index in [-0.39, 0.29) is 17.9 Å². The zero-order chi connectivity index (χ0) is 29.9. The van der Waals surface area contributed by atoms with E-state index in [1.807, 2.05) is 70.5 Å². The molecule has 0 radical (unpaired) electrons. The molecule has 2 amide bonds. The lowest BCUT2D eigenvalue weighted by Crippen LogP contribution is -2.63. The summed E-state index contributed by atoms with van der Waals surface area (Å²) in [5.41, 5.74) is 1.88. The largest absolute Gasteiger partial charge is 0.493 e. The summed E-state index contributed by atoms with van der Waals surface area (Å²) in [6.45, 7) is 4.14. The molecule has 0 atom stereocenters. The van der Waals surface area contributed by atoms with Crippen LogP contribution in [0.3, 0.4) is 0 Å². The van der Waals surface area contributed by atoms with Gasteiger partial charge >= 0.3 is 0 Å². The fourth-order valence-corrected chi connectivity index (χ4v) is 5.09. The highest BCUT2D eigenvalue weighted by Crippen LogP contribution is 2.29. The number of rotatable bonds is 10. The van der Waals surface area contributed by atoms with Crippen LogP contribution in [0.25, 0.3) is 12.2 Å². The SMILES string of the molecule is COc1ccc(/C=C/C=C/C(=O)N2CCN3CCN(C(=O)/C=C/C=C/c4ccc(OC)c(OC)c4)CC3C2)cc1OC. The van der Waals surface area contributed by atoms with E-state index in [0.717, 1.165) is 24.2 Å². The maximum Gasteiger partial charge on any atom is 0.246 e. The average Bonchev–Trinajstić information content (AvgIpc) is 3.03. The molecule has 222 valence electrons. The molecule has 2 fully saturated rings. The topological polar surface area (TPSA) is 80.8 Å². The minimum absolute atomic E-state index is 0.0322. The zero-order valence-corrected chi connectivity index (χ0v) is 24.7. The summed E-state index contributed by atoms with van der Waals surface area (Å²) in [5, 5.41) is 0. The number of allylic oxidation sites excluding steroid dienone is 4. The summed E-state index contributed by atoms with van der Waals surface area (Å²) in [4.78, 5) is 31.9. The fraction of sp³-hybridized carbons (Fsp3) is 0.333. The minimum atomic E-state index is -0.0322. The molecule has 0 bridgehead atoms. The van der Waals surface area contributed by atoms with Crippen molar-refractivity contribution in [2.75, 3.05) is 67.7 Å². The Morgan fingerprint density at radius 3 is 1.45 bits per heavy atom. The molecule has 9 nitrogen and oxygen atoms in total. The lowest BCUT2D eigenvalue weighted by Gasteiger charge is -2.46. The number of benzene rings is 2. The molecule has 0 aromatic heterocycles. The van der Waals surface area contributed by atoms with E-state index >= 15 is 0 Å². The minimum Gasteiger partial charge on any atom is -0.493 e. The third-order valence-corrected chi connectivity index (χ3v) is 7.41. The third kappa shape index (κ3) is 7.82. The Morgan fingerprint density at radius 1 is 0.619 bits per heavy atom. The molecule has 2 aromatic carbocycles. The van der Waals surface area contributed by atoms with E-state index in [2.05, 4.69) is 4.90 Å². The molecule has 2 aliphatic heterocycles. The van der Waals surface area contributed by atoms with Gasteiger partial charge in [-0.15, -0.1) is 0 Å². The van der Waals surface area contributed by atoms with E-state index < -0.39 is 0 Å². The van der Waals surface area contributed by atoms with E-state index in [9.17, 15) is 9.59 Å². The molecule has 0 spiro atoms. The second-order valence-electron chi connectivity index (χ2n) is 9.92. The molecule has 2 aliphatic rings. The molecular formula is C33H39N3O6. The quantitative estimate of drug-likeness (QED) is 0.315. The highest BCUT2D eigenvalue weighted by Gasteiger charge is 2.34. The number of amides is 2. The van der Waals surface area contributed by atoms with Crippen molar-refractivity contribution < 1.29 is 28.5 Å². The van der Waals surface area contributed by atoms with E-state index in [1.165, 1.54) is 0 Å². The number of ether oxygens (including phenoxy) is 4. The predicted octanol–water partition coefficient (Wildman–Crippen LogP) is 3.92. The summed E-state index contributed by atoms with van der Waals surface area (Å²) in [7, 11) is 6.40. The highest BCUT2D eigenvalue weighted by atomic mass is 16.5. The van der Waals surface area contributed by atoms with Gasteiger partial charge in [0.15, 0.2) is 23.0 Å². The molecule has 2 aromatic rings. The Morgan fingerprint density at radius 2 is 1.05 bits per heavy atom. The zero-order valence-electron chi connectivity index (χ0n) is 24.7. The number of nitrogens with zero attached hydrogens (tertiary/aromatic N) is 3. The number of carbonyl (C=O) groups excluding carboxylic acids is 2. The van der Waals surface area contributed by atoms with Crippen LogP contribution < -0.4 is 18.9 Å². The normalized spacial score (nSPS) is 16.5. The van der Waals surface area contributed by atoms with Crippen molar-refractivity contribution in [1.82, 2.24) is 14.7 Å². The van der Waals surface area contributed by atoms with Gasteiger partial charge in [0.1, 0.15) is 0 Å². The van der Waals surface area contributed by atoms with E-state index in [4.69, 9.17) is 18.9 Å². The predicted molar refractivity (Wildman–Crippen MR) is 164 cm³/mol. The standard InChI is InChI=1S/C33H39N3O6/c1-39-28-15-13-25(21-30(28)41-3)9-5-7-11-32(37)35-19-17-34-18-20-36(24-27(34)23-35)33(38)12-8-6-10-26-14-16-29(40-2)31(22-26)42-4/h5-16,21-22,27H,17-20,23-24H2,1-4H3/b9-5+,10-6+,11-7+,12-8+. The summed E-state index contributed by atoms with van der Waals surface area (Å²) in [5.74, 6) is 2.58. The van der Waals surface area contributed by atoms with Gasteiger partial charge in [-0.3, -0.25) is 14.5 Å². The summed E-state index contributed by atoms with van der Waals surface area (Å²) < 4.78 is 21.2. The van der Waals surface area contributed by atoms with Gasteiger partial charge in [-0.05, 0) is 35.4 Å². The first kappa shape index (κ1) is 30.5.